The molecule has 0 aliphatic heterocycles. The van der Waals surface area contributed by atoms with Gasteiger partial charge in [-0.05, 0) is 87.2 Å². The highest BCUT2D eigenvalue weighted by Crippen LogP contribution is 2.23. The molecule has 6 nitrogen and oxygen atoms in total. The number of aryl methyl sites for hydroxylation is 5. The Bertz CT molecular complexity index is 1280. The lowest BCUT2D eigenvalue weighted by molar-refractivity contribution is 0.0946. The zero-order chi connectivity index (χ0) is 24.2. The standard InChI is InChI=1S/C26H30N2O4S/c1-17-6-11-24(21(5)14-17)28-33(30,31)25-16-22(9-7-19(25)3)26(29)27-12-13-32-23-10-8-18(2)20(4)15-23/h6-11,14-16,28H,12-13H2,1-5H3,(H,27,29). The number of ether oxygens (including phenoxy) is 1. The fraction of sp³-hybridized carbons (Fsp3) is 0.269. The van der Waals surface area contributed by atoms with Crippen molar-refractivity contribution in [1.29, 1.82) is 0 Å². The van der Waals surface area contributed by atoms with E-state index in [1.807, 2.05) is 58.0 Å². The average Bonchev–Trinajstić information content (AvgIpc) is 2.75. The first-order valence-electron chi connectivity index (χ1n) is 10.8. The van der Waals surface area contributed by atoms with Crippen LogP contribution in [0.5, 0.6) is 5.75 Å². The number of amides is 1. The van der Waals surface area contributed by atoms with Crippen LogP contribution < -0.4 is 14.8 Å². The average molecular weight is 467 g/mol. The SMILES string of the molecule is Cc1ccc(NS(=O)(=O)c2cc(C(=O)NCCOc3ccc(C)c(C)c3)ccc2C)c(C)c1. The summed E-state index contributed by atoms with van der Waals surface area (Å²) in [5.74, 6) is 0.384. The molecule has 3 aromatic rings. The molecule has 0 aliphatic carbocycles. The van der Waals surface area contributed by atoms with Gasteiger partial charge in [0.1, 0.15) is 12.4 Å². The predicted molar refractivity (Wildman–Crippen MR) is 132 cm³/mol. The van der Waals surface area contributed by atoms with Gasteiger partial charge in [0.2, 0.25) is 0 Å². The molecule has 1 amide bonds. The number of nitrogens with one attached hydrogen (secondary N) is 2. The zero-order valence-electron chi connectivity index (χ0n) is 19.7. The van der Waals surface area contributed by atoms with E-state index in [2.05, 4.69) is 10.0 Å². The van der Waals surface area contributed by atoms with Gasteiger partial charge in [-0.2, -0.15) is 0 Å². The first kappa shape index (κ1) is 24.3. The van der Waals surface area contributed by atoms with Crippen LogP contribution in [0.25, 0.3) is 0 Å². The van der Waals surface area contributed by atoms with E-state index in [-0.39, 0.29) is 16.4 Å². The molecule has 0 atom stereocenters. The monoisotopic (exact) mass is 466 g/mol. The summed E-state index contributed by atoms with van der Waals surface area (Å²) in [6.45, 7) is 10.2. The minimum Gasteiger partial charge on any atom is -0.492 e. The molecular formula is C26H30N2O4S. The number of hydrogen-bond acceptors (Lipinski definition) is 4. The van der Waals surface area contributed by atoms with Crippen molar-refractivity contribution in [1.82, 2.24) is 5.32 Å². The lowest BCUT2D eigenvalue weighted by Gasteiger charge is -2.14. The fourth-order valence-electron chi connectivity index (χ4n) is 3.40. The van der Waals surface area contributed by atoms with E-state index in [4.69, 9.17) is 4.74 Å². The van der Waals surface area contributed by atoms with Crippen molar-refractivity contribution < 1.29 is 17.9 Å². The van der Waals surface area contributed by atoms with Gasteiger partial charge in [0.25, 0.3) is 15.9 Å². The number of carbonyl (C=O) groups excluding carboxylic acids is 1. The largest absolute Gasteiger partial charge is 0.492 e. The summed E-state index contributed by atoms with van der Waals surface area (Å²) >= 11 is 0. The molecule has 0 heterocycles. The molecule has 7 heteroatoms. The molecule has 33 heavy (non-hydrogen) atoms. The van der Waals surface area contributed by atoms with Gasteiger partial charge in [-0.1, -0.05) is 29.8 Å². The Morgan fingerprint density at radius 2 is 1.55 bits per heavy atom. The molecule has 0 aromatic heterocycles. The summed E-state index contributed by atoms with van der Waals surface area (Å²) in [6.07, 6.45) is 0. The molecule has 2 N–H and O–H groups in total. The molecular weight excluding hydrogens is 436 g/mol. The molecule has 0 spiro atoms. The van der Waals surface area contributed by atoms with Crippen LogP contribution in [0, 0.1) is 34.6 Å². The number of benzene rings is 3. The Balaban J connectivity index is 1.66. The van der Waals surface area contributed by atoms with Gasteiger partial charge >= 0.3 is 0 Å². The lowest BCUT2D eigenvalue weighted by atomic mass is 10.1. The zero-order valence-corrected chi connectivity index (χ0v) is 20.5. The van der Waals surface area contributed by atoms with Crippen LogP contribution in [0.1, 0.15) is 38.2 Å². The Kier molecular flexibility index (Phi) is 7.43. The van der Waals surface area contributed by atoms with E-state index in [0.29, 0.717) is 24.4 Å². The lowest BCUT2D eigenvalue weighted by Crippen LogP contribution is -2.28. The minimum absolute atomic E-state index is 0.0708. The second-order valence-electron chi connectivity index (χ2n) is 8.25. The maximum Gasteiger partial charge on any atom is 0.262 e. The molecule has 3 aromatic carbocycles. The third kappa shape index (κ3) is 6.14. The number of hydrogen-bond donors (Lipinski definition) is 2. The van der Waals surface area contributed by atoms with Crippen LogP contribution in [-0.2, 0) is 10.0 Å². The maximum absolute atomic E-state index is 13.0. The van der Waals surface area contributed by atoms with Crippen molar-refractivity contribution in [2.24, 2.45) is 0 Å². The van der Waals surface area contributed by atoms with Crippen molar-refractivity contribution in [3.8, 4) is 5.75 Å². The molecule has 0 saturated carbocycles. The molecule has 0 radical (unpaired) electrons. The van der Waals surface area contributed by atoms with Crippen LogP contribution in [0.15, 0.2) is 59.5 Å². The highest BCUT2D eigenvalue weighted by molar-refractivity contribution is 7.92. The van der Waals surface area contributed by atoms with E-state index < -0.39 is 10.0 Å². The van der Waals surface area contributed by atoms with E-state index in [1.54, 1.807) is 25.1 Å². The molecule has 0 fully saturated rings. The van der Waals surface area contributed by atoms with Crippen molar-refractivity contribution in [3.05, 3.63) is 88.0 Å². The van der Waals surface area contributed by atoms with E-state index in [0.717, 1.165) is 22.4 Å². The van der Waals surface area contributed by atoms with Gasteiger partial charge < -0.3 is 10.1 Å². The van der Waals surface area contributed by atoms with Gasteiger partial charge in [0.05, 0.1) is 17.1 Å². The molecule has 174 valence electrons. The normalized spacial score (nSPS) is 11.2. The summed E-state index contributed by atoms with van der Waals surface area (Å²) in [7, 11) is -3.86. The second-order valence-corrected chi connectivity index (χ2v) is 9.91. The third-order valence-corrected chi connectivity index (χ3v) is 7.01. The van der Waals surface area contributed by atoms with Crippen molar-refractivity contribution >= 4 is 21.6 Å². The summed E-state index contributed by atoms with van der Waals surface area (Å²) in [5.41, 5.74) is 5.54. The molecule has 0 bridgehead atoms. The van der Waals surface area contributed by atoms with E-state index >= 15 is 0 Å². The Morgan fingerprint density at radius 1 is 0.818 bits per heavy atom. The first-order valence-corrected chi connectivity index (χ1v) is 12.2. The van der Waals surface area contributed by atoms with Gasteiger partial charge in [-0.3, -0.25) is 9.52 Å². The van der Waals surface area contributed by atoms with Crippen LogP contribution in [0.3, 0.4) is 0 Å². The van der Waals surface area contributed by atoms with Crippen molar-refractivity contribution in [2.75, 3.05) is 17.9 Å². The molecule has 0 saturated heterocycles. The number of anilines is 1. The topological polar surface area (TPSA) is 84.5 Å². The van der Waals surface area contributed by atoms with Crippen LogP contribution >= 0.6 is 0 Å². The Morgan fingerprint density at radius 3 is 2.24 bits per heavy atom. The quantitative estimate of drug-likeness (QED) is 0.465. The van der Waals surface area contributed by atoms with E-state index in [9.17, 15) is 13.2 Å². The van der Waals surface area contributed by atoms with Crippen LogP contribution in [0.2, 0.25) is 0 Å². The highest BCUT2D eigenvalue weighted by Gasteiger charge is 2.20. The summed E-state index contributed by atoms with van der Waals surface area (Å²) in [4.78, 5) is 12.7. The van der Waals surface area contributed by atoms with Crippen molar-refractivity contribution in [3.63, 3.8) is 0 Å². The number of carbonyl (C=O) groups is 1. The highest BCUT2D eigenvalue weighted by atomic mass is 32.2. The second kappa shape index (κ2) is 10.1. The maximum atomic E-state index is 13.0. The number of sulfonamides is 1. The fourth-order valence-corrected chi connectivity index (χ4v) is 4.80. The summed E-state index contributed by atoms with van der Waals surface area (Å²) in [5, 5.41) is 2.78. The van der Waals surface area contributed by atoms with Gasteiger partial charge in [0, 0.05) is 5.56 Å². The summed E-state index contributed by atoms with van der Waals surface area (Å²) in [6, 6.07) is 16.0. The molecule has 3 rings (SSSR count). The van der Waals surface area contributed by atoms with Crippen LogP contribution in [-0.4, -0.2) is 27.5 Å². The van der Waals surface area contributed by atoms with Gasteiger partial charge in [-0.25, -0.2) is 8.42 Å². The predicted octanol–water partition coefficient (Wildman–Crippen LogP) is 4.84. The first-order chi connectivity index (χ1) is 15.6. The smallest absolute Gasteiger partial charge is 0.262 e. The van der Waals surface area contributed by atoms with Crippen molar-refractivity contribution in [2.45, 2.75) is 39.5 Å². The summed E-state index contributed by atoms with van der Waals surface area (Å²) < 4.78 is 34.4. The minimum atomic E-state index is -3.86. The molecule has 0 aliphatic rings. The van der Waals surface area contributed by atoms with Crippen LogP contribution in [0.4, 0.5) is 5.69 Å². The number of rotatable bonds is 8. The Hall–Kier alpha value is -3.32. The van der Waals surface area contributed by atoms with Gasteiger partial charge in [0.15, 0.2) is 0 Å². The third-order valence-electron chi connectivity index (χ3n) is 5.50. The van der Waals surface area contributed by atoms with E-state index in [1.165, 1.54) is 11.6 Å². The molecule has 0 unspecified atom stereocenters. The Labute approximate surface area is 196 Å². The van der Waals surface area contributed by atoms with Gasteiger partial charge in [-0.15, -0.1) is 0 Å².